The molecule has 0 aromatic heterocycles. The van der Waals surface area contributed by atoms with Crippen molar-refractivity contribution in [3.8, 4) is 5.75 Å². The van der Waals surface area contributed by atoms with E-state index < -0.39 is 5.97 Å². The predicted molar refractivity (Wildman–Crippen MR) is 74.0 cm³/mol. The van der Waals surface area contributed by atoms with Gasteiger partial charge in [0.1, 0.15) is 11.3 Å². The number of carbonyl (C=O) groups is 1. The minimum absolute atomic E-state index is 0.0382. The molecule has 0 amide bonds. The molecule has 0 saturated carbocycles. The lowest BCUT2D eigenvalue weighted by Crippen LogP contribution is -2.48. The van der Waals surface area contributed by atoms with Crippen LogP contribution in [0.4, 0.5) is 5.69 Å². The number of carboxylic acids is 1. The van der Waals surface area contributed by atoms with Crippen LogP contribution in [-0.4, -0.2) is 53.3 Å². The van der Waals surface area contributed by atoms with Crippen molar-refractivity contribution in [2.24, 2.45) is 0 Å². The summed E-state index contributed by atoms with van der Waals surface area (Å²) in [4.78, 5) is 15.6. The smallest absolute Gasteiger partial charge is 0.339 e. The average molecular weight is 264 g/mol. The van der Waals surface area contributed by atoms with Crippen LogP contribution in [-0.2, 0) is 0 Å². The van der Waals surface area contributed by atoms with Gasteiger partial charge in [0.05, 0.1) is 0 Å². The highest BCUT2D eigenvalue weighted by Gasteiger charge is 2.20. The SMILES string of the molecule is CC(C)N1CCN(c2ccc(O)c(C(=O)O)c2)CC1. The second kappa shape index (κ2) is 5.48. The first kappa shape index (κ1) is 13.7. The zero-order valence-electron chi connectivity index (χ0n) is 11.3. The van der Waals surface area contributed by atoms with Crippen molar-refractivity contribution in [3.63, 3.8) is 0 Å². The van der Waals surface area contributed by atoms with Gasteiger partial charge in [0.25, 0.3) is 0 Å². The molecule has 0 spiro atoms. The van der Waals surface area contributed by atoms with Crippen LogP contribution in [0.25, 0.3) is 0 Å². The van der Waals surface area contributed by atoms with Crippen LogP contribution in [0.1, 0.15) is 24.2 Å². The third kappa shape index (κ3) is 2.98. The number of hydrogen-bond donors (Lipinski definition) is 2. The largest absolute Gasteiger partial charge is 0.507 e. The number of carboxylic acid groups (broad SMARTS) is 1. The summed E-state index contributed by atoms with van der Waals surface area (Å²) in [5, 5.41) is 18.5. The van der Waals surface area contributed by atoms with Gasteiger partial charge in [-0.3, -0.25) is 4.90 Å². The van der Waals surface area contributed by atoms with Crippen LogP contribution in [0.5, 0.6) is 5.75 Å². The van der Waals surface area contributed by atoms with E-state index in [0.29, 0.717) is 6.04 Å². The molecule has 2 rings (SSSR count). The molecular formula is C14H20N2O3. The molecule has 5 nitrogen and oxygen atoms in total. The molecule has 2 N–H and O–H groups in total. The fraction of sp³-hybridized carbons (Fsp3) is 0.500. The molecular weight excluding hydrogens is 244 g/mol. The van der Waals surface area contributed by atoms with Gasteiger partial charge in [-0.1, -0.05) is 0 Å². The number of phenols is 1. The van der Waals surface area contributed by atoms with Crippen molar-refractivity contribution >= 4 is 11.7 Å². The van der Waals surface area contributed by atoms with Crippen molar-refractivity contribution in [2.45, 2.75) is 19.9 Å². The van der Waals surface area contributed by atoms with E-state index >= 15 is 0 Å². The predicted octanol–water partition coefficient (Wildman–Crippen LogP) is 1.62. The Bertz CT molecular complexity index is 466. The first-order valence-electron chi connectivity index (χ1n) is 6.54. The molecule has 0 unspecified atom stereocenters. The summed E-state index contributed by atoms with van der Waals surface area (Å²) in [7, 11) is 0. The molecule has 0 atom stereocenters. The Morgan fingerprint density at radius 2 is 1.84 bits per heavy atom. The number of piperazine rings is 1. The molecule has 19 heavy (non-hydrogen) atoms. The molecule has 1 fully saturated rings. The van der Waals surface area contributed by atoms with Crippen LogP contribution >= 0.6 is 0 Å². The van der Waals surface area contributed by atoms with Gasteiger partial charge in [0.15, 0.2) is 0 Å². The zero-order chi connectivity index (χ0) is 14.0. The Labute approximate surface area is 113 Å². The number of benzene rings is 1. The molecule has 1 heterocycles. The summed E-state index contributed by atoms with van der Waals surface area (Å²) >= 11 is 0. The summed E-state index contributed by atoms with van der Waals surface area (Å²) in [6.45, 7) is 8.06. The van der Waals surface area contributed by atoms with Crippen LogP contribution < -0.4 is 4.90 Å². The van der Waals surface area contributed by atoms with E-state index in [0.717, 1.165) is 31.9 Å². The summed E-state index contributed by atoms with van der Waals surface area (Å²) in [5.41, 5.74) is 0.822. The number of rotatable bonds is 3. The van der Waals surface area contributed by atoms with Crippen molar-refractivity contribution in [2.75, 3.05) is 31.1 Å². The molecule has 0 bridgehead atoms. The quantitative estimate of drug-likeness (QED) is 0.868. The summed E-state index contributed by atoms with van der Waals surface area (Å²) in [5.74, 6) is -1.28. The lowest BCUT2D eigenvalue weighted by atomic mass is 10.1. The topological polar surface area (TPSA) is 64.0 Å². The van der Waals surface area contributed by atoms with Crippen molar-refractivity contribution in [1.29, 1.82) is 0 Å². The fourth-order valence-corrected chi connectivity index (χ4v) is 2.39. The van der Waals surface area contributed by atoms with E-state index in [2.05, 4.69) is 23.6 Å². The number of anilines is 1. The third-order valence-electron chi connectivity index (χ3n) is 3.62. The van der Waals surface area contributed by atoms with Gasteiger partial charge in [0, 0.05) is 37.9 Å². The molecule has 0 radical (unpaired) electrons. The zero-order valence-corrected chi connectivity index (χ0v) is 11.3. The van der Waals surface area contributed by atoms with Gasteiger partial charge in [-0.15, -0.1) is 0 Å². The van der Waals surface area contributed by atoms with Crippen molar-refractivity contribution in [1.82, 2.24) is 4.90 Å². The lowest BCUT2D eigenvalue weighted by molar-refractivity contribution is 0.0694. The molecule has 104 valence electrons. The lowest BCUT2D eigenvalue weighted by Gasteiger charge is -2.38. The summed E-state index contributed by atoms with van der Waals surface area (Å²) in [6.07, 6.45) is 0. The number of aromatic hydroxyl groups is 1. The van der Waals surface area contributed by atoms with Gasteiger partial charge in [-0.05, 0) is 32.0 Å². The maximum atomic E-state index is 11.0. The van der Waals surface area contributed by atoms with Gasteiger partial charge < -0.3 is 15.1 Å². The van der Waals surface area contributed by atoms with Crippen LogP contribution in [0, 0.1) is 0 Å². The average Bonchev–Trinajstić information content (AvgIpc) is 2.39. The Hall–Kier alpha value is -1.75. The van der Waals surface area contributed by atoms with Crippen molar-refractivity contribution < 1.29 is 15.0 Å². The highest BCUT2D eigenvalue weighted by Crippen LogP contribution is 2.25. The molecule has 1 saturated heterocycles. The van der Waals surface area contributed by atoms with E-state index in [1.54, 1.807) is 12.1 Å². The Balaban J connectivity index is 2.12. The van der Waals surface area contributed by atoms with Crippen molar-refractivity contribution in [3.05, 3.63) is 23.8 Å². The van der Waals surface area contributed by atoms with E-state index in [-0.39, 0.29) is 11.3 Å². The van der Waals surface area contributed by atoms with E-state index in [1.165, 1.54) is 6.07 Å². The molecule has 1 aliphatic heterocycles. The first-order chi connectivity index (χ1) is 8.99. The fourth-order valence-electron chi connectivity index (χ4n) is 2.39. The minimum Gasteiger partial charge on any atom is -0.507 e. The Kier molecular flexibility index (Phi) is 3.95. The van der Waals surface area contributed by atoms with Crippen LogP contribution in [0.3, 0.4) is 0 Å². The van der Waals surface area contributed by atoms with Gasteiger partial charge in [0.2, 0.25) is 0 Å². The number of nitrogens with zero attached hydrogens (tertiary/aromatic N) is 2. The first-order valence-corrected chi connectivity index (χ1v) is 6.54. The van der Waals surface area contributed by atoms with Gasteiger partial charge >= 0.3 is 5.97 Å². The van der Waals surface area contributed by atoms with E-state index in [9.17, 15) is 9.90 Å². The second-order valence-corrected chi connectivity index (χ2v) is 5.12. The Morgan fingerprint density at radius 1 is 1.21 bits per heavy atom. The third-order valence-corrected chi connectivity index (χ3v) is 3.62. The molecule has 5 heteroatoms. The normalized spacial score (nSPS) is 16.9. The van der Waals surface area contributed by atoms with Crippen LogP contribution in [0.15, 0.2) is 18.2 Å². The summed E-state index contributed by atoms with van der Waals surface area (Å²) in [6, 6.07) is 5.31. The Morgan fingerprint density at radius 3 is 2.37 bits per heavy atom. The van der Waals surface area contributed by atoms with Gasteiger partial charge in [-0.2, -0.15) is 0 Å². The maximum absolute atomic E-state index is 11.0. The summed E-state index contributed by atoms with van der Waals surface area (Å²) < 4.78 is 0. The maximum Gasteiger partial charge on any atom is 0.339 e. The highest BCUT2D eigenvalue weighted by atomic mass is 16.4. The monoisotopic (exact) mass is 264 g/mol. The molecule has 0 aliphatic carbocycles. The molecule has 1 aliphatic rings. The number of aromatic carboxylic acids is 1. The highest BCUT2D eigenvalue weighted by molar-refractivity contribution is 5.92. The number of hydrogen-bond acceptors (Lipinski definition) is 4. The standard InChI is InChI=1S/C14H20N2O3/c1-10(2)15-5-7-16(8-6-15)11-3-4-13(17)12(9-11)14(18)19/h3-4,9-10,17H,5-8H2,1-2H3,(H,18,19). The second-order valence-electron chi connectivity index (χ2n) is 5.12. The van der Waals surface area contributed by atoms with E-state index in [4.69, 9.17) is 5.11 Å². The molecule has 1 aromatic carbocycles. The van der Waals surface area contributed by atoms with Gasteiger partial charge in [-0.25, -0.2) is 4.79 Å². The molecule has 1 aromatic rings. The van der Waals surface area contributed by atoms with Crippen LogP contribution in [0.2, 0.25) is 0 Å². The van der Waals surface area contributed by atoms with E-state index in [1.807, 2.05) is 0 Å². The minimum atomic E-state index is -1.10.